The zero-order chi connectivity index (χ0) is 10.7. The second-order valence-corrected chi connectivity index (χ2v) is 4.44. The molecule has 0 radical (unpaired) electrons. The maximum absolute atomic E-state index is 3.86. The van der Waals surface area contributed by atoms with Gasteiger partial charge in [-0.15, -0.1) is 0 Å². The molecule has 0 nitrogen and oxygen atoms in total. The molecule has 0 unspecified atom stereocenters. The van der Waals surface area contributed by atoms with Crippen LogP contribution >= 0.6 is 11.3 Å². The summed E-state index contributed by atoms with van der Waals surface area (Å²) in [7, 11) is 0. The molecule has 2 rings (SSSR count). The smallest absolute Gasteiger partial charge is 0.000897 e. The quantitative estimate of drug-likeness (QED) is 0.715. The van der Waals surface area contributed by atoms with Crippen LogP contribution in [-0.4, -0.2) is 0 Å². The number of aryl methyl sites for hydroxylation is 1. The molecule has 0 aliphatic heterocycles. The van der Waals surface area contributed by atoms with Crippen LogP contribution in [0.25, 0.3) is 6.08 Å². The summed E-state index contributed by atoms with van der Waals surface area (Å²) in [5, 5.41) is 4.33. The van der Waals surface area contributed by atoms with Crippen molar-refractivity contribution in [2.24, 2.45) is 0 Å². The molecule has 0 spiro atoms. The van der Waals surface area contributed by atoms with Gasteiger partial charge in [0, 0.05) is 0 Å². The van der Waals surface area contributed by atoms with E-state index in [1.807, 2.05) is 6.08 Å². The zero-order valence-corrected chi connectivity index (χ0v) is 9.68. The van der Waals surface area contributed by atoms with E-state index in [2.05, 4.69) is 48.5 Å². The van der Waals surface area contributed by atoms with Crippen molar-refractivity contribution in [2.75, 3.05) is 0 Å². The minimum absolute atomic E-state index is 1.01. The molecule has 0 saturated heterocycles. The topological polar surface area (TPSA) is 0 Å². The first kappa shape index (κ1) is 10.2. The summed E-state index contributed by atoms with van der Waals surface area (Å²) in [6.07, 6.45) is 2.95. The molecular weight excluding hydrogens is 200 g/mol. The first-order valence-electron chi connectivity index (χ1n) is 5.03. The lowest BCUT2D eigenvalue weighted by Gasteiger charge is -2.08. The van der Waals surface area contributed by atoms with Crippen molar-refractivity contribution in [2.45, 2.75) is 13.3 Å². The molecule has 0 bridgehead atoms. The number of thiophene rings is 1. The first-order valence-corrected chi connectivity index (χ1v) is 5.97. The van der Waals surface area contributed by atoms with E-state index >= 15 is 0 Å². The highest BCUT2D eigenvalue weighted by Gasteiger charge is 2.04. The molecule has 1 aromatic carbocycles. The van der Waals surface area contributed by atoms with Gasteiger partial charge in [-0.2, -0.15) is 11.3 Å². The summed E-state index contributed by atoms with van der Waals surface area (Å²) in [5.74, 6) is 0. The van der Waals surface area contributed by atoms with Crippen LogP contribution in [0.4, 0.5) is 0 Å². The van der Waals surface area contributed by atoms with Gasteiger partial charge in [0.2, 0.25) is 0 Å². The summed E-state index contributed by atoms with van der Waals surface area (Å²) in [6.45, 7) is 6.03. The predicted octanol–water partition coefficient (Wildman–Crippen LogP) is 4.29. The molecule has 0 aliphatic rings. The third-order valence-electron chi connectivity index (χ3n) is 2.63. The molecule has 1 heteroatoms. The third kappa shape index (κ3) is 2.18. The lowest BCUT2D eigenvalue weighted by Crippen LogP contribution is -1.93. The number of benzene rings is 1. The molecular formula is C14H14S. The lowest BCUT2D eigenvalue weighted by molar-refractivity contribution is 1.16. The van der Waals surface area contributed by atoms with Crippen LogP contribution in [0.15, 0.2) is 41.6 Å². The Balaban J connectivity index is 2.38. The van der Waals surface area contributed by atoms with Crippen LogP contribution in [0.3, 0.4) is 0 Å². The van der Waals surface area contributed by atoms with Gasteiger partial charge in [-0.1, -0.05) is 30.9 Å². The van der Waals surface area contributed by atoms with Crippen LogP contribution in [0.1, 0.15) is 22.3 Å². The van der Waals surface area contributed by atoms with Crippen LogP contribution in [-0.2, 0) is 6.42 Å². The highest BCUT2D eigenvalue weighted by atomic mass is 32.1. The Bertz CT molecular complexity index is 452. The Morgan fingerprint density at radius 2 is 2.20 bits per heavy atom. The molecule has 76 valence electrons. The fourth-order valence-corrected chi connectivity index (χ4v) is 2.42. The Morgan fingerprint density at radius 1 is 1.33 bits per heavy atom. The molecule has 0 amide bonds. The van der Waals surface area contributed by atoms with Gasteiger partial charge in [0.15, 0.2) is 0 Å². The summed E-state index contributed by atoms with van der Waals surface area (Å²) in [6, 6.07) is 8.56. The highest BCUT2D eigenvalue weighted by molar-refractivity contribution is 7.07. The summed E-state index contributed by atoms with van der Waals surface area (Å²) < 4.78 is 0. The van der Waals surface area contributed by atoms with Gasteiger partial charge in [0.05, 0.1) is 0 Å². The van der Waals surface area contributed by atoms with Crippen molar-refractivity contribution in [1.82, 2.24) is 0 Å². The monoisotopic (exact) mass is 214 g/mol. The standard InChI is InChI=1S/C14H14S/c1-3-13-6-4-5-11(2)14(13)9-12-7-8-15-10-12/h3-8,10H,1,9H2,2H3. The van der Waals surface area contributed by atoms with E-state index in [-0.39, 0.29) is 0 Å². The second kappa shape index (κ2) is 4.45. The molecule has 0 fully saturated rings. The van der Waals surface area contributed by atoms with Gasteiger partial charge in [-0.3, -0.25) is 0 Å². The molecule has 1 aromatic heterocycles. The van der Waals surface area contributed by atoms with Gasteiger partial charge in [0.1, 0.15) is 0 Å². The SMILES string of the molecule is C=Cc1cccc(C)c1Cc1ccsc1. The Labute approximate surface area is 94.9 Å². The van der Waals surface area contributed by atoms with E-state index in [0.717, 1.165) is 6.42 Å². The molecule has 0 aliphatic carbocycles. The average molecular weight is 214 g/mol. The van der Waals surface area contributed by atoms with Crippen molar-refractivity contribution < 1.29 is 0 Å². The molecule has 0 atom stereocenters. The van der Waals surface area contributed by atoms with Gasteiger partial charge >= 0.3 is 0 Å². The number of rotatable bonds is 3. The molecule has 15 heavy (non-hydrogen) atoms. The van der Waals surface area contributed by atoms with Crippen molar-refractivity contribution in [3.63, 3.8) is 0 Å². The second-order valence-electron chi connectivity index (χ2n) is 3.66. The van der Waals surface area contributed by atoms with Crippen LogP contribution in [0, 0.1) is 6.92 Å². The third-order valence-corrected chi connectivity index (χ3v) is 3.36. The number of hydrogen-bond acceptors (Lipinski definition) is 1. The molecule has 2 aromatic rings. The largest absolute Gasteiger partial charge is 0.152 e. The van der Waals surface area contributed by atoms with E-state index < -0.39 is 0 Å². The van der Waals surface area contributed by atoms with Gasteiger partial charge < -0.3 is 0 Å². The van der Waals surface area contributed by atoms with Gasteiger partial charge in [0.25, 0.3) is 0 Å². The minimum Gasteiger partial charge on any atom is -0.152 e. The molecule has 1 heterocycles. The van der Waals surface area contributed by atoms with E-state index in [1.54, 1.807) is 11.3 Å². The van der Waals surface area contributed by atoms with Gasteiger partial charge in [-0.25, -0.2) is 0 Å². The highest BCUT2D eigenvalue weighted by Crippen LogP contribution is 2.20. The maximum atomic E-state index is 3.86. The van der Waals surface area contributed by atoms with Crippen molar-refractivity contribution in [3.05, 3.63) is 63.9 Å². The maximum Gasteiger partial charge on any atom is -0.000897 e. The van der Waals surface area contributed by atoms with Crippen molar-refractivity contribution >= 4 is 17.4 Å². The predicted molar refractivity (Wildman–Crippen MR) is 68.4 cm³/mol. The average Bonchev–Trinajstić information content (AvgIpc) is 2.74. The fraction of sp³-hybridized carbons (Fsp3) is 0.143. The Kier molecular flexibility index (Phi) is 3.02. The van der Waals surface area contributed by atoms with E-state index in [0.29, 0.717) is 0 Å². The first-order chi connectivity index (χ1) is 7.31. The van der Waals surface area contributed by atoms with E-state index in [9.17, 15) is 0 Å². The summed E-state index contributed by atoms with van der Waals surface area (Å²) in [4.78, 5) is 0. The normalized spacial score (nSPS) is 10.2. The van der Waals surface area contributed by atoms with Crippen molar-refractivity contribution in [1.29, 1.82) is 0 Å². The Hall–Kier alpha value is -1.34. The summed E-state index contributed by atoms with van der Waals surface area (Å²) >= 11 is 1.75. The van der Waals surface area contributed by atoms with E-state index in [4.69, 9.17) is 0 Å². The molecule has 0 saturated carbocycles. The molecule has 0 N–H and O–H groups in total. The van der Waals surface area contributed by atoms with Crippen LogP contribution < -0.4 is 0 Å². The van der Waals surface area contributed by atoms with Gasteiger partial charge in [-0.05, 0) is 52.4 Å². The van der Waals surface area contributed by atoms with Crippen molar-refractivity contribution in [3.8, 4) is 0 Å². The lowest BCUT2D eigenvalue weighted by atomic mass is 9.97. The minimum atomic E-state index is 1.01. The fourth-order valence-electron chi connectivity index (χ4n) is 1.76. The summed E-state index contributed by atoms with van der Waals surface area (Å²) in [5.41, 5.74) is 5.38. The van der Waals surface area contributed by atoms with E-state index in [1.165, 1.54) is 22.3 Å². The Morgan fingerprint density at radius 3 is 2.87 bits per heavy atom. The number of hydrogen-bond donors (Lipinski definition) is 0. The zero-order valence-electron chi connectivity index (χ0n) is 8.86. The van der Waals surface area contributed by atoms with Crippen LogP contribution in [0.5, 0.6) is 0 Å². The van der Waals surface area contributed by atoms with Crippen LogP contribution in [0.2, 0.25) is 0 Å².